The van der Waals surface area contributed by atoms with Crippen LogP contribution in [0.15, 0.2) is 0 Å². The van der Waals surface area contributed by atoms with E-state index in [2.05, 4.69) is 5.32 Å². The highest BCUT2D eigenvalue weighted by Gasteiger charge is 2.19. The zero-order valence-corrected chi connectivity index (χ0v) is 5.80. The minimum atomic E-state index is -0.307. The maximum absolute atomic E-state index is 10.9. The number of hydrogen-bond acceptors (Lipinski definition) is 4. The number of rotatable bonds is 2. The van der Waals surface area contributed by atoms with Crippen LogP contribution in [0.5, 0.6) is 0 Å². The Morgan fingerprint density at radius 1 is 1.80 bits per heavy atom. The summed E-state index contributed by atoms with van der Waals surface area (Å²) in [6.07, 6.45) is -0.307. The van der Waals surface area contributed by atoms with E-state index < -0.39 is 0 Å². The molecule has 3 N–H and O–H groups in total. The molecular formula is C6H12N2O2. The highest BCUT2D eigenvalue weighted by atomic mass is 16.5. The molecule has 0 aliphatic carbocycles. The molecule has 0 amide bonds. The fraction of sp³-hybridized carbons (Fsp3) is 0.833. The molecule has 58 valence electrons. The number of carbonyl (C=O) groups is 1. The summed E-state index contributed by atoms with van der Waals surface area (Å²) in [6.45, 7) is 2.12. The van der Waals surface area contributed by atoms with Crippen molar-refractivity contribution in [2.45, 2.75) is 6.10 Å². The van der Waals surface area contributed by atoms with Gasteiger partial charge in [-0.05, 0) is 0 Å². The molecular weight excluding hydrogens is 132 g/mol. The summed E-state index contributed by atoms with van der Waals surface area (Å²) in [5.41, 5.74) is 5.15. The van der Waals surface area contributed by atoms with Crippen molar-refractivity contribution in [2.24, 2.45) is 5.73 Å². The van der Waals surface area contributed by atoms with Crippen molar-refractivity contribution in [3.63, 3.8) is 0 Å². The number of morpholine rings is 1. The Labute approximate surface area is 59.7 Å². The Morgan fingerprint density at radius 2 is 2.60 bits per heavy atom. The van der Waals surface area contributed by atoms with Gasteiger partial charge in [0, 0.05) is 13.1 Å². The van der Waals surface area contributed by atoms with Crippen molar-refractivity contribution in [3.8, 4) is 0 Å². The molecule has 1 heterocycles. The van der Waals surface area contributed by atoms with Gasteiger partial charge in [-0.25, -0.2) is 0 Å². The van der Waals surface area contributed by atoms with Gasteiger partial charge in [0.1, 0.15) is 6.10 Å². The maximum atomic E-state index is 10.9. The molecule has 1 saturated heterocycles. The first kappa shape index (κ1) is 7.65. The van der Waals surface area contributed by atoms with Crippen LogP contribution >= 0.6 is 0 Å². The summed E-state index contributed by atoms with van der Waals surface area (Å²) in [7, 11) is 0. The predicted octanol–water partition coefficient (Wildman–Crippen LogP) is -1.50. The van der Waals surface area contributed by atoms with Crippen molar-refractivity contribution in [2.75, 3.05) is 26.2 Å². The van der Waals surface area contributed by atoms with Crippen LogP contribution in [0.2, 0.25) is 0 Å². The van der Waals surface area contributed by atoms with Gasteiger partial charge < -0.3 is 15.8 Å². The van der Waals surface area contributed by atoms with E-state index in [-0.39, 0.29) is 18.4 Å². The van der Waals surface area contributed by atoms with Gasteiger partial charge in [-0.15, -0.1) is 0 Å². The number of nitrogens with one attached hydrogen (secondary N) is 1. The molecule has 0 aromatic carbocycles. The van der Waals surface area contributed by atoms with Crippen LogP contribution in [-0.2, 0) is 9.53 Å². The molecule has 0 saturated carbocycles. The molecule has 0 aromatic heterocycles. The lowest BCUT2D eigenvalue weighted by Gasteiger charge is -2.21. The van der Waals surface area contributed by atoms with Crippen molar-refractivity contribution in [1.29, 1.82) is 0 Å². The number of nitrogens with two attached hydrogens (primary N) is 1. The average molecular weight is 144 g/mol. The summed E-state index contributed by atoms with van der Waals surface area (Å²) in [5.74, 6) is -0.0211. The fourth-order valence-corrected chi connectivity index (χ4v) is 0.904. The van der Waals surface area contributed by atoms with Crippen LogP contribution < -0.4 is 11.1 Å². The van der Waals surface area contributed by atoms with E-state index in [9.17, 15) is 4.79 Å². The molecule has 0 radical (unpaired) electrons. The molecule has 0 bridgehead atoms. The first-order chi connectivity index (χ1) is 4.84. The molecule has 4 nitrogen and oxygen atoms in total. The smallest absolute Gasteiger partial charge is 0.176 e. The summed E-state index contributed by atoms with van der Waals surface area (Å²) in [5, 5.41) is 3.05. The fourth-order valence-electron chi connectivity index (χ4n) is 0.904. The van der Waals surface area contributed by atoms with Crippen LogP contribution in [0.1, 0.15) is 0 Å². The predicted molar refractivity (Wildman–Crippen MR) is 36.7 cm³/mol. The molecule has 1 unspecified atom stereocenters. The van der Waals surface area contributed by atoms with Crippen molar-refractivity contribution in [3.05, 3.63) is 0 Å². The Kier molecular flexibility index (Phi) is 2.80. The molecule has 10 heavy (non-hydrogen) atoms. The molecule has 0 spiro atoms. The third kappa shape index (κ3) is 1.76. The standard InChI is InChI=1S/C6H12N2O2/c7-3-5(9)6-4-8-1-2-10-6/h6,8H,1-4,7H2. The van der Waals surface area contributed by atoms with Crippen LogP contribution in [0.25, 0.3) is 0 Å². The van der Waals surface area contributed by atoms with Gasteiger partial charge in [0.25, 0.3) is 0 Å². The van der Waals surface area contributed by atoms with E-state index in [1.807, 2.05) is 0 Å². The molecule has 4 heteroatoms. The minimum Gasteiger partial charge on any atom is -0.368 e. The van der Waals surface area contributed by atoms with E-state index in [0.717, 1.165) is 6.54 Å². The highest BCUT2D eigenvalue weighted by molar-refractivity contribution is 5.85. The number of Topliss-reactive ketones (excluding diaryl/α,β-unsaturated/α-hetero) is 1. The van der Waals surface area contributed by atoms with E-state index in [0.29, 0.717) is 13.2 Å². The molecule has 1 rings (SSSR count). The zero-order valence-electron chi connectivity index (χ0n) is 5.80. The topological polar surface area (TPSA) is 64.4 Å². The monoisotopic (exact) mass is 144 g/mol. The third-order valence-electron chi connectivity index (χ3n) is 1.49. The van der Waals surface area contributed by atoms with Crippen LogP contribution in [0, 0.1) is 0 Å². The van der Waals surface area contributed by atoms with Gasteiger partial charge in [0.2, 0.25) is 0 Å². The Hall–Kier alpha value is -0.450. The van der Waals surface area contributed by atoms with Crippen molar-refractivity contribution < 1.29 is 9.53 Å². The van der Waals surface area contributed by atoms with Gasteiger partial charge in [0.15, 0.2) is 5.78 Å². The number of ketones is 1. The van der Waals surface area contributed by atoms with Crippen LogP contribution in [0.4, 0.5) is 0 Å². The molecule has 1 fully saturated rings. The first-order valence-corrected chi connectivity index (χ1v) is 3.39. The normalized spacial score (nSPS) is 26.3. The molecule has 1 aliphatic heterocycles. The quantitative estimate of drug-likeness (QED) is 0.495. The first-order valence-electron chi connectivity index (χ1n) is 3.39. The van der Waals surface area contributed by atoms with Gasteiger partial charge >= 0.3 is 0 Å². The Bertz CT molecular complexity index is 121. The highest BCUT2D eigenvalue weighted by Crippen LogP contribution is 1.95. The number of carbonyl (C=O) groups excluding carboxylic acids is 1. The largest absolute Gasteiger partial charge is 0.368 e. The van der Waals surface area contributed by atoms with E-state index >= 15 is 0 Å². The average Bonchev–Trinajstić information content (AvgIpc) is 2.05. The lowest BCUT2D eigenvalue weighted by molar-refractivity contribution is -0.130. The van der Waals surface area contributed by atoms with Gasteiger partial charge in [-0.3, -0.25) is 4.79 Å². The molecule has 0 aromatic rings. The Morgan fingerprint density at radius 3 is 3.10 bits per heavy atom. The number of hydrogen-bond donors (Lipinski definition) is 2. The van der Waals surface area contributed by atoms with Crippen molar-refractivity contribution in [1.82, 2.24) is 5.32 Å². The Balaban J connectivity index is 2.31. The zero-order chi connectivity index (χ0) is 7.40. The number of ether oxygens (including phenoxy) is 1. The summed E-state index contributed by atoms with van der Waals surface area (Å²) < 4.78 is 5.14. The van der Waals surface area contributed by atoms with E-state index in [1.54, 1.807) is 0 Å². The SMILES string of the molecule is NCC(=O)C1CNCCO1. The van der Waals surface area contributed by atoms with E-state index in [4.69, 9.17) is 10.5 Å². The van der Waals surface area contributed by atoms with Crippen LogP contribution in [0.3, 0.4) is 0 Å². The minimum absolute atomic E-state index is 0.0211. The second-order valence-electron chi connectivity index (χ2n) is 2.23. The van der Waals surface area contributed by atoms with Crippen molar-refractivity contribution >= 4 is 5.78 Å². The van der Waals surface area contributed by atoms with Gasteiger partial charge in [0.05, 0.1) is 13.2 Å². The lowest BCUT2D eigenvalue weighted by atomic mass is 10.2. The van der Waals surface area contributed by atoms with Gasteiger partial charge in [-0.2, -0.15) is 0 Å². The summed E-state index contributed by atoms with van der Waals surface area (Å²) in [4.78, 5) is 10.9. The second-order valence-corrected chi connectivity index (χ2v) is 2.23. The lowest BCUT2D eigenvalue weighted by Crippen LogP contribution is -2.45. The maximum Gasteiger partial charge on any atom is 0.176 e. The molecule has 1 atom stereocenters. The second kappa shape index (κ2) is 3.65. The van der Waals surface area contributed by atoms with Gasteiger partial charge in [-0.1, -0.05) is 0 Å². The third-order valence-corrected chi connectivity index (χ3v) is 1.49. The molecule has 1 aliphatic rings. The summed E-state index contributed by atoms with van der Waals surface area (Å²) >= 11 is 0. The van der Waals surface area contributed by atoms with E-state index in [1.165, 1.54) is 0 Å². The van der Waals surface area contributed by atoms with Crippen LogP contribution in [-0.4, -0.2) is 38.1 Å². The summed E-state index contributed by atoms with van der Waals surface area (Å²) in [6, 6.07) is 0.